The van der Waals surface area contributed by atoms with E-state index in [2.05, 4.69) is 50.8 Å². The molecule has 146 valence electrons. The molecule has 6 nitrogen and oxygen atoms in total. The Balaban J connectivity index is 1.46. The third-order valence-corrected chi connectivity index (χ3v) is 6.23. The fraction of sp³-hybridized carbons (Fsp3) is 0.455. The number of rotatable bonds is 3. The number of hydrogen-bond acceptors (Lipinski definition) is 5. The van der Waals surface area contributed by atoms with E-state index in [1.54, 1.807) is 0 Å². The van der Waals surface area contributed by atoms with Crippen LogP contribution in [0.3, 0.4) is 0 Å². The molecule has 1 fully saturated rings. The predicted molar refractivity (Wildman–Crippen MR) is 108 cm³/mol. The first kappa shape index (κ1) is 17.6. The van der Waals surface area contributed by atoms with E-state index in [0.717, 1.165) is 43.0 Å². The van der Waals surface area contributed by atoms with E-state index in [-0.39, 0.29) is 12.1 Å². The van der Waals surface area contributed by atoms with Gasteiger partial charge in [0.1, 0.15) is 11.9 Å². The van der Waals surface area contributed by atoms with Crippen LogP contribution in [-0.2, 0) is 0 Å². The zero-order valence-corrected chi connectivity index (χ0v) is 16.3. The number of fused-ring (bicyclic) bond motifs is 2. The lowest BCUT2D eigenvalue weighted by atomic mass is 9.86. The Morgan fingerprint density at radius 2 is 1.86 bits per heavy atom. The van der Waals surface area contributed by atoms with Crippen LogP contribution in [-0.4, -0.2) is 33.1 Å². The molecule has 1 aromatic carbocycles. The first-order valence-electron chi connectivity index (χ1n) is 10.3. The minimum absolute atomic E-state index is 0.0331. The van der Waals surface area contributed by atoms with Gasteiger partial charge in [-0.2, -0.15) is 0 Å². The molecule has 5 rings (SSSR count). The lowest BCUT2D eigenvalue weighted by molar-refractivity contribution is 0.173. The Hall–Kier alpha value is -2.44. The molecule has 28 heavy (non-hydrogen) atoms. The van der Waals surface area contributed by atoms with Crippen LogP contribution in [0.25, 0.3) is 5.65 Å². The highest BCUT2D eigenvalue weighted by atomic mass is 16.5. The molecule has 0 radical (unpaired) electrons. The van der Waals surface area contributed by atoms with Crippen molar-refractivity contribution < 1.29 is 4.74 Å². The summed E-state index contributed by atoms with van der Waals surface area (Å²) in [5.41, 5.74) is 9.57. The zero-order valence-electron chi connectivity index (χ0n) is 16.3. The molecule has 0 bridgehead atoms. The smallest absolute Gasteiger partial charge is 0.161 e. The summed E-state index contributed by atoms with van der Waals surface area (Å²) in [4.78, 5) is 2.38. The standard InChI is InChI=1S/C22H27N5O/c1-26-13-5-4-8-19(26)22-25-24-21-12-9-15(14-27(21)22)28-20-11-10-18(23)16-6-2-3-7-17(16)20/h2-3,6-7,9,12,14,18-20H,4-5,8,10-11,13,23H2,1H3/t18-,19-,20+/m0/s1. The highest BCUT2D eigenvalue weighted by Gasteiger charge is 2.27. The lowest BCUT2D eigenvalue weighted by Crippen LogP contribution is -2.30. The molecule has 0 unspecified atom stereocenters. The van der Waals surface area contributed by atoms with Crippen LogP contribution in [0, 0.1) is 0 Å². The van der Waals surface area contributed by atoms with Gasteiger partial charge in [0.15, 0.2) is 11.5 Å². The molecular weight excluding hydrogens is 350 g/mol. The Morgan fingerprint density at radius 3 is 2.71 bits per heavy atom. The van der Waals surface area contributed by atoms with E-state index in [0.29, 0.717) is 6.04 Å². The number of benzene rings is 1. The topological polar surface area (TPSA) is 68.7 Å². The maximum Gasteiger partial charge on any atom is 0.161 e. The molecule has 2 aliphatic rings. The van der Waals surface area contributed by atoms with Gasteiger partial charge in [-0.1, -0.05) is 30.7 Å². The third kappa shape index (κ3) is 3.06. The number of hydrogen-bond donors (Lipinski definition) is 1. The first-order chi connectivity index (χ1) is 13.7. The zero-order chi connectivity index (χ0) is 19.1. The van der Waals surface area contributed by atoms with Crippen LogP contribution < -0.4 is 10.5 Å². The van der Waals surface area contributed by atoms with Crippen LogP contribution >= 0.6 is 0 Å². The molecule has 3 aromatic rings. The number of aromatic nitrogens is 3. The Morgan fingerprint density at radius 1 is 1.00 bits per heavy atom. The molecule has 3 heterocycles. The van der Waals surface area contributed by atoms with Crippen molar-refractivity contribution in [1.82, 2.24) is 19.5 Å². The van der Waals surface area contributed by atoms with Gasteiger partial charge in [0.2, 0.25) is 0 Å². The molecular formula is C22H27N5O. The number of nitrogens with two attached hydrogens (primary N) is 1. The molecule has 1 saturated heterocycles. The molecule has 0 saturated carbocycles. The average Bonchev–Trinajstić information content (AvgIpc) is 3.14. The Kier molecular flexibility index (Phi) is 4.53. The number of ether oxygens (including phenoxy) is 1. The second-order valence-corrected chi connectivity index (χ2v) is 8.06. The van der Waals surface area contributed by atoms with Gasteiger partial charge in [0, 0.05) is 6.04 Å². The molecule has 2 N–H and O–H groups in total. The van der Waals surface area contributed by atoms with Gasteiger partial charge >= 0.3 is 0 Å². The van der Waals surface area contributed by atoms with Gasteiger partial charge < -0.3 is 10.5 Å². The fourth-order valence-corrected chi connectivity index (χ4v) is 4.66. The van der Waals surface area contributed by atoms with E-state index < -0.39 is 0 Å². The van der Waals surface area contributed by atoms with Crippen molar-refractivity contribution in [2.75, 3.05) is 13.6 Å². The van der Waals surface area contributed by atoms with Gasteiger partial charge in [-0.3, -0.25) is 9.30 Å². The van der Waals surface area contributed by atoms with E-state index in [4.69, 9.17) is 10.5 Å². The van der Waals surface area contributed by atoms with Crippen molar-refractivity contribution in [2.24, 2.45) is 5.73 Å². The maximum atomic E-state index is 6.43. The van der Waals surface area contributed by atoms with E-state index in [1.807, 2.05) is 18.3 Å². The Labute approximate surface area is 165 Å². The minimum Gasteiger partial charge on any atom is -0.484 e. The van der Waals surface area contributed by atoms with Crippen molar-refractivity contribution in [3.05, 3.63) is 59.5 Å². The average molecular weight is 377 g/mol. The monoisotopic (exact) mass is 377 g/mol. The maximum absolute atomic E-state index is 6.43. The summed E-state index contributed by atoms with van der Waals surface area (Å²) in [6, 6.07) is 12.8. The van der Waals surface area contributed by atoms with Crippen molar-refractivity contribution in [3.8, 4) is 5.75 Å². The van der Waals surface area contributed by atoms with E-state index in [1.165, 1.54) is 24.0 Å². The second kappa shape index (κ2) is 7.18. The normalized spacial score (nSPS) is 25.6. The molecule has 0 amide bonds. The predicted octanol–water partition coefficient (Wildman–Crippen LogP) is 3.80. The summed E-state index contributed by atoms with van der Waals surface area (Å²) >= 11 is 0. The molecule has 2 aromatic heterocycles. The highest BCUT2D eigenvalue weighted by molar-refractivity contribution is 5.42. The van der Waals surface area contributed by atoms with Crippen LogP contribution in [0.5, 0.6) is 5.75 Å². The van der Waals surface area contributed by atoms with Gasteiger partial charge in [-0.15, -0.1) is 10.2 Å². The number of likely N-dealkylation sites (tertiary alicyclic amines) is 1. The summed E-state index contributed by atoms with van der Waals surface area (Å²) in [5, 5.41) is 8.88. The van der Waals surface area contributed by atoms with E-state index in [9.17, 15) is 0 Å². The first-order valence-corrected chi connectivity index (χ1v) is 10.3. The summed E-state index contributed by atoms with van der Waals surface area (Å²) in [5.74, 6) is 1.86. The Bertz CT molecular complexity index is 984. The molecule has 0 spiro atoms. The van der Waals surface area contributed by atoms with E-state index >= 15 is 0 Å². The lowest BCUT2D eigenvalue weighted by Gasteiger charge is -2.31. The fourth-order valence-electron chi connectivity index (χ4n) is 4.66. The molecule has 3 atom stereocenters. The van der Waals surface area contributed by atoms with Crippen LogP contribution in [0.1, 0.15) is 67.2 Å². The van der Waals surface area contributed by atoms with Crippen molar-refractivity contribution in [1.29, 1.82) is 0 Å². The SMILES string of the molecule is CN1CCCC[C@H]1c1nnc2ccc(O[C@@H]3CC[C@H](N)c4ccccc43)cn12. The number of piperidine rings is 1. The molecule has 1 aliphatic heterocycles. The number of nitrogens with zero attached hydrogens (tertiary/aromatic N) is 4. The summed E-state index contributed by atoms with van der Waals surface area (Å²) < 4.78 is 8.53. The second-order valence-electron chi connectivity index (χ2n) is 8.06. The van der Waals surface area contributed by atoms with Crippen molar-refractivity contribution >= 4 is 5.65 Å². The number of pyridine rings is 1. The minimum atomic E-state index is 0.0331. The van der Waals surface area contributed by atoms with Gasteiger partial charge in [-0.05, 0) is 62.5 Å². The van der Waals surface area contributed by atoms with Crippen LogP contribution in [0.4, 0.5) is 0 Å². The molecule has 6 heteroatoms. The summed E-state index contributed by atoms with van der Waals surface area (Å²) in [6.07, 6.45) is 7.55. The quantitative estimate of drug-likeness (QED) is 0.752. The van der Waals surface area contributed by atoms with Gasteiger partial charge in [0.05, 0.1) is 12.2 Å². The van der Waals surface area contributed by atoms with Crippen molar-refractivity contribution in [3.63, 3.8) is 0 Å². The molecule has 1 aliphatic carbocycles. The third-order valence-electron chi connectivity index (χ3n) is 6.23. The van der Waals surface area contributed by atoms with Gasteiger partial charge in [-0.25, -0.2) is 0 Å². The summed E-state index contributed by atoms with van der Waals surface area (Å²) in [6.45, 7) is 1.11. The largest absolute Gasteiger partial charge is 0.484 e. The summed E-state index contributed by atoms with van der Waals surface area (Å²) in [7, 11) is 2.17. The van der Waals surface area contributed by atoms with Gasteiger partial charge in [0.25, 0.3) is 0 Å². The highest BCUT2D eigenvalue weighted by Crippen LogP contribution is 2.38. The van der Waals surface area contributed by atoms with Crippen LogP contribution in [0.15, 0.2) is 42.6 Å². The van der Waals surface area contributed by atoms with Crippen LogP contribution in [0.2, 0.25) is 0 Å². The van der Waals surface area contributed by atoms with Crippen molar-refractivity contribution in [2.45, 2.75) is 50.3 Å².